The second-order valence-corrected chi connectivity index (χ2v) is 4.75. The molecule has 0 aromatic carbocycles. The van der Waals surface area contributed by atoms with Gasteiger partial charge in [0.05, 0.1) is 31.5 Å². The molecular formula is C10H21NO4. The lowest BCUT2D eigenvalue weighted by atomic mass is 10.1. The van der Waals surface area contributed by atoms with Gasteiger partial charge in [-0.05, 0) is 20.8 Å². The van der Waals surface area contributed by atoms with Crippen molar-refractivity contribution in [3.63, 3.8) is 0 Å². The third-order valence-electron chi connectivity index (χ3n) is 2.38. The predicted molar refractivity (Wildman–Crippen MR) is 55.5 cm³/mol. The smallest absolute Gasteiger partial charge is 0.162 e. The van der Waals surface area contributed by atoms with Crippen LogP contribution in [0.15, 0.2) is 0 Å². The highest BCUT2D eigenvalue weighted by Crippen LogP contribution is 2.17. The summed E-state index contributed by atoms with van der Waals surface area (Å²) in [5.41, 5.74) is -1.09. The Labute approximate surface area is 90.4 Å². The highest BCUT2D eigenvalue weighted by atomic mass is 16.7. The van der Waals surface area contributed by atoms with Gasteiger partial charge < -0.3 is 25.0 Å². The Hall–Kier alpha value is -0.200. The molecule has 1 heterocycles. The molecule has 5 nitrogen and oxygen atoms in total. The topological polar surface area (TPSA) is 71.0 Å². The van der Waals surface area contributed by atoms with Crippen molar-refractivity contribution in [3.8, 4) is 0 Å². The molecule has 1 aliphatic heterocycles. The molecule has 1 aliphatic rings. The van der Waals surface area contributed by atoms with Crippen LogP contribution in [-0.4, -0.2) is 54.0 Å². The standard InChI is InChI=1S/C10H21NO4/c1-9(2)14-4-8(5-15-9)11-6-10(3,13)7-12/h8,11-13H,4-7H2,1-3H3. The Morgan fingerprint density at radius 2 is 1.93 bits per heavy atom. The normalized spacial score (nSPS) is 26.2. The molecule has 90 valence electrons. The molecule has 0 amide bonds. The average molecular weight is 219 g/mol. The lowest BCUT2D eigenvalue weighted by Crippen LogP contribution is -2.52. The molecule has 5 heteroatoms. The number of hydrogen-bond donors (Lipinski definition) is 3. The molecule has 0 bridgehead atoms. The van der Waals surface area contributed by atoms with E-state index in [0.29, 0.717) is 19.8 Å². The first-order chi connectivity index (χ1) is 6.85. The van der Waals surface area contributed by atoms with Gasteiger partial charge in [0.1, 0.15) is 0 Å². The van der Waals surface area contributed by atoms with Crippen LogP contribution in [0, 0.1) is 0 Å². The zero-order valence-corrected chi connectivity index (χ0v) is 9.62. The van der Waals surface area contributed by atoms with Gasteiger partial charge in [-0.3, -0.25) is 0 Å². The van der Waals surface area contributed by atoms with E-state index in [0.717, 1.165) is 0 Å². The molecule has 0 radical (unpaired) electrons. The number of nitrogens with one attached hydrogen (secondary N) is 1. The molecule has 0 aliphatic carbocycles. The molecule has 0 spiro atoms. The maximum Gasteiger partial charge on any atom is 0.162 e. The SMILES string of the molecule is CC(O)(CO)CNC1COC(C)(C)OC1. The van der Waals surface area contributed by atoms with Gasteiger partial charge in [0.2, 0.25) is 0 Å². The van der Waals surface area contributed by atoms with Crippen molar-refractivity contribution in [2.45, 2.75) is 38.2 Å². The van der Waals surface area contributed by atoms with E-state index in [4.69, 9.17) is 14.6 Å². The van der Waals surface area contributed by atoms with E-state index in [1.165, 1.54) is 0 Å². The molecule has 1 unspecified atom stereocenters. The fraction of sp³-hybridized carbons (Fsp3) is 1.00. The van der Waals surface area contributed by atoms with Crippen LogP contribution in [0.5, 0.6) is 0 Å². The van der Waals surface area contributed by atoms with Crippen molar-refractivity contribution in [1.29, 1.82) is 0 Å². The van der Waals surface area contributed by atoms with E-state index < -0.39 is 11.4 Å². The van der Waals surface area contributed by atoms with Crippen LogP contribution in [0.4, 0.5) is 0 Å². The highest BCUT2D eigenvalue weighted by molar-refractivity contribution is 4.79. The molecule has 0 aromatic rings. The maximum atomic E-state index is 9.56. The van der Waals surface area contributed by atoms with Crippen molar-refractivity contribution >= 4 is 0 Å². The van der Waals surface area contributed by atoms with Crippen LogP contribution in [0.1, 0.15) is 20.8 Å². The number of ether oxygens (including phenoxy) is 2. The number of rotatable bonds is 4. The Morgan fingerprint density at radius 3 is 2.40 bits per heavy atom. The minimum Gasteiger partial charge on any atom is -0.393 e. The first-order valence-corrected chi connectivity index (χ1v) is 5.19. The summed E-state index contributed by atoms with van der Waals surface area (Å²) < 4.78 is 10.9. The van der Waals surface area contributed by atoms with Gasteiger partial charge in [-0.25, -0.2) is 0 Å². The molecule has 1 rings (SSSR count). The summed E-state index contributed by atoms with van der Waals surface area (Å²) in [6, 6.07) is 0.0658. The second kappa shape index (κ2) is 4.76. The van der Waals surface area contributed by atoms with Gasteiger partial charge >= 0.3 is 0 Å². The third-order valence-corrected chi connectivity index (χ3v) is 2.38. The van der Waals surface area contributed by atoms with E-state index in [9.17, 15) is 5.11 Å². The molecule has 3 N–H and O–H groups in total. The van der Waals surface area contributed by atoms with Gasteiger partial charge in [-0.2, -0.15) is 0 Å². The number of hydrogen-bond acceptors (Lipinski definition) is 5. The van der Waals surface area contributed by atoms with Gasteiger partial charge in [0.25, 0.3) is 0 Å². The minimum atomic E-state index is -1.09. The zero-order valence-electron chi connectivity index (χ0n) is 9.62. The highest BCUT2D eigenvalue weighted by Gasteiger charge is 2.29. The Balaban J connectivity index is 2.25. The van der Waals surface area contributed by atoms with Crippen molar-refractivity contribution < 1.29 is 19.7 Å². The Morgan fingerprint density at radius 1 is 1.40 bits per heavy atom. The average Bonchev–Trinajstić information content (AvgIpc) is 2.16. The summed E-state index contributed by atoms with van der Waals surface area (Å²) in [4.78, 5) is 0. The monoisotopic (exact) mass is 219 g/mol. The van der Waals surface area contributed by atoms with E-state index in [-0.39, 0.29) is 12.6 Å². The summed E-state index contributed by atoms with van der Waals surface area (Å²) in [6.07, 6.45) is 0. The Bertz CT molecular complexity index is 196. The first-order valence-electron chi connectivity index (χ1n) is 5.19. The maximum absolute atomic E-state index is 9.56. The second-order valence-electron chi connectivity index (χ2n) is 4.75. The van der Waals surface area contributed by atoms with E-state index in [1.54, 1.807) is 6.92 Å². The molecular weight excluding hydrogens is 198 g/mol. The van der Waals surface area contributed by atoms with Crippen LogP contribution < -0.4 is 5.32 Å². The van der Waals surface area contributed by atoms with E-state index in [1.807, 2.05) is 13.8 Å². The predicted octanol–water partition coefficient (Wildman–Crippen LogP) is -0.529. The molecule has 1 fully saturated rings. The third kappa shape index (κ3) is 4.44. The summed E-state index contributed by atoms with van der Waals surface area (Å²) in [5, 5.41) is 21.5. The molecule has 0 saturated carbocycles. The van der Waals surface area contributed by atoms with Crippen molar-refractivity contribution in [2.24, 2.45) is 0 Å². The molecule has 0 aromatic heterocycles. The van der Waals surface area contributed by atoms with Crippen molar-refractivity contribution in [1.82, 2.24) is 5.32 Å². The van der Waals surface area contributed by atoms with E-state index >= 15 is 0 Å². The van der Waals surface area contributed by atoms with E-state index in [2.05, 4.69) is 5.32 Å². The van der Waals surface area contributed by atoms with Crippen LogP contribution in [-0.2, 0) is 9.47 Å². The fourth-order valence-electron chi connectivity index (χ4n) is 1.23. The molecule has 1 saturated heterocycles. The number of aliphatic hydroxyl groups excluding tert-OH is 1. The van der Waals surface area contributed by atoms with Crippen LogP contribution in [0.3, 0.4) is 0 Å². The summed E-state index contributed by atoms with van der Waals surface area (Å²) in [6.45, 7) is 6.47. The largest absolute Gasteiger partial charge is 0.393 e. The summed E-state index contributed by atoms with van der Waals surface area (Å²) >= 11 is 0. The van der Waals surface area contributed by atoms with Gasteiger partial charge in [-0.15, -0.1) is 0 Å². The summed E-state index contributed by atoms with van der Waals surface area (Å²) in [5.74, 6) is -0.516. The Kier molecular flexibility index (Phi) is 4.08. The number of aliphatic hydroxyl groups is 2. The summed E-state index contributed by atoms with van der Waals surface area (Å²) in [7, 11) is 0. The quantitative estimate of drug-likeness (QED) is 0.593. The van der Waals surface area contributed by atoms with Gasteiger partial charge in [0.15, 0.2) is 5.79 Å². The van der Waals surface area contributed by atoms with Crippen LogP contribution in [0.25, 0.3) is 0 Å². The fourth-order valence-corrected chi connectivity index (χ4v) is 1.23. The van der Waals surface area contributed by atoms with Gasteiger partial charge in [0, 0.05) is 6.54 Å². The van der Waals surface area contributed by atoms with Crippen molar-refractivity contribution in [2.75, 3.05) is 26.4 Å². The molecule has 15 heavy (non-hydrogen) atoms. The first kappa shape index (κ1) is 12.9. The zero-order chi connectivity index (χ0) is 11.5. The van der Waals surface area contributed by atoms with Gasteiger partial charge in [-0.1, -0.05) is 0 Å². The van der Waals surface area contributed by atoms with Crippen LogP contribution in [0.2, 0.25) is 0 Å². The lowest BCUT2D eigenvalue weighted by molar-refractivity contribution is -0.253. The lowest BCUT2D eigenvalue weighted by Gasteiger charge is -2.36. The van der Waals surface area contributed by atoms with Crippen LogP contribution >= 0.6 is 0 Å². The molecule has 1 atom stereocenters. The minimum absolute atomic E-state index is 0.0658. The van der Waals surface area contributed by atoms with Crippen molar-refractivity contribution in [3.05, 3.63) is 0 Å².